The van der Waals surface area contributed by atoms with Crippen LogP contribution in [-0.4, -0.2) is 21.1 Å². The Kier molecular flexibility index (Phi) is 5.33. The van der Waals surface area contributed by atoms with Gasteiger partial charge in [0.05, 0.1) is 29.0 Å². The van der Waals surface area contributed by atoms with Gasteiger partial charge >= 0.3 is 0 Å². The molecule has 0 aliphatic heterocycles. The fourth-order valence-corrected chi connectivity index (χ4v) is 4.65. The second kappa shape index (κ2) is 8.30. The van der Waals surface area contributed by atoms with E-state index in [0.29, 0.717) is 0 Å². The topological polar surface area (TPSA) is 46.0 Å². The predicted molar refractivity (Wildman–Crippen MR) is 133 cm³/mol. The number of fused-ring (bicyclic) bond motifs is 1. The van der Waals surface area contributed by atoms with Crippen molar-refractivity contribution in [2.24, 2.45) is 13.0 Å². The molecule has 2 aromatic carbocycles. The lowest BCUT2D eigenvalue weighted by molar-refractivity contribution is 0.713. The monoisotopic (exact) mass is 425 g/mol. The first-order valence-corrected chi connectivity index (χ1v) is 11.4. The van der Waals surface area contributed by atoms with Crippen molar-refractivity contribution in [1.29, 1.82) is 0 Å². The van der Waals surface area contributed by atoms with Crippen molar-refractivity contribution in [3.63, 3.8) is 0 Å². The van der Waals surface area contributed by atoms with Crippen molar-refractivity contribution in [2.45, 2.75) is 40.2 Å². The third-order valence-corrected chi connectivity index (χ3v) is 6.38. The lowest BCUT2D eigenvalue weighted by Crippen LogP contribution is -2.26. The maximum Gasteiger partial charge on any atom is 0.208 e. The Morgan fingerprint density at radius 2 is 1.81 bits per heavy atom. The number of rotatable bonds is 7. The van der Waals surface area contributed by atoms with Gasteiger partial charge in [0.1, 0.15) is 0 Å². The molecule has 2 heterocycles. The first kappa shape index (κ1) is 20.6. The molecular formula is C27H31N5. The molecule has 0 saturated heterocycles. The zero-order valence-corrected chi connectivity index (χ0v) is 19.4. The molecule has 0 spiro atoms. The van der Waals surface area contributed by atoms with Gasteiger partial charge in [-0.3, -0.25) is 4.98 Å². The largest absolute Gasteiger partial charge is 0.364 e. The number of nitrogens with one attached hydrogen (secondary N) is 1. The van der Waals surface area contributed by atoms with Gasteiger partial charge in [0.2, 0.25) is 5.95 Å². The van der Waals surface area contributed by atoms with Gasteiger partial charge in [-0.25, -0.2) is 4.98 Å². The fraction of sp³-hybridized carbons (Fsp3) is 0.333. The van der Waals surface area contributed by atoms with E-state index in [0.717, 1.165) is 47.4 Å². The Bertz CT molecular complexity index is 1230. The van der Waals surface area contributed by atoms with Crippen LogP contribution in [0.3, 0.4) is 0 Å². The summed E-state index contributed by atoms with van der Waals surface area (Å²) >= 11 is 0. The molecule has 2 aromatic heterocycles. The summed E-state index contributed by atoms with van der Waals surface area (Å²) in [5.74, 6) is 1.64. The molecule has 1 saturated carbocycles. The zero-order chi connectivity index (χ0) is 22.2. The molecule has 0 amide bonds. The summed E-state index contributed by atoms with van der Waals surface area (Å²) in [4.78, 5) is 12.0. The first-order valence-electron chi connectivity index (χ1n) is 11.4. The normalized spacial score (nSPS) is 13.5. The minimum atomic E-state index is 0.776. The van der Waals surface area contributed by atoms with Crippen LogP contribution >= 0.6 is 0 Å². The summed E-state index contributed by atoms with van der Waals surface area (Å²) < 4.78 is 2.20. The quantitative estimate of drug-likeness (QED) is 0.391. The number of hydrogen-bond acceptors (Lipinski definition) is 4. The van der Waals surface area contributed by atoms with Gasteiger partial charge in [0.15, 0.2) is 0 Å². The highest BCUT2D eigenvalue weighted by atomic mass is 15.2. The van der Waals surface area contributed by atoms with E-state index in [-0.39, 0.29) is 0 Å². The van der Waals surface area contributed by atoms with Gasteiger partial charge in [-0.1, -0.05) is 29.8 Å². The van der Waals surface area contributed by atoms with Crippen LogP contribution in [0.25, 0.3) is 11.0 Å². The lowest BCUT2D eigenvalue weighted by atomic mass is 10.1. The molecular weight excluding hydrogens is 394 g/mol. The molecule has 1 fully saturated rings. The van der Waals surface area contributed by atoms with E-state index in [1.807, 2.05) is 12.3 Å². The molecule has 0 atom stereocenters. The number of hydrogen-bond donors (Lipinski definition) is 1. The van der Waals surface area contributed by atoms with Gasteiger partial charge in [0.25, 0.3) is 0 Å². The molecule has 5 nitrogen and oxygen atoms in total. The highest BCUT2D eigenvalue weighted by Crippen LogP contribution is 2.36. The average molecular weight is 426 g/mol. The number of imidazole rings is 1. The fourth-order valence-electron chi connectivity index (χ4n) is 4.65. The third-order valence-electron chi connectivity index (χ3n) is 6.38. The minimum Gasteiger partial charge on any atom is -0.364 e. The van der Waals surface area contributed by atoms with Crippen molar-refractivity contribution in [1.82, 2.24) is 14.5 Å². The molecule has 1 N–H and O–H groups in total. The van der Waals surface area contributed by atoms with Gasteiger partial charge in [-0.05, 0) is 74.9 Å². The summed E-state index contributed by atoms with van der Waals surface area (Å²) in [6.07, 6.45) is 4.52. The molecule has 1 aliphatic rings. The van der Waals surface area contributed by atoms with Crippen molar-refractivity contribution in [2.75, 3.05) is 16.8 Å². The van der Waals surface area contributed by atoms with E-state index in [9.17, 15) is 0 Å². The predicted octanol–water partition coefficient (Wildman–Crippen LogP) is 6.05. The Morgan fingerprint density at radius 3 is 2.50 bits per heavy atom. The van der Waals surface area contributed by atoms with Crippen molar-refractivity contribution >= 4 is 28.4 Å². The number of benzene rings is 2. The number of anilines is 3. The van der Waals surface area contributed by atoms with Crippen molar-refractivity contribution in [3.05, 3.63) is 77.1 Å². The number of aromatic nitrogens is 3. The highest BCUT2D eigenvalue weighted by Gasteiger charge is 2.26. The number of pyridine rings is 1. The summed E-state index contributed by atoms with van der Waals surface area (Å²) in [6, 6.07) is 17.0. The molecule has 4 aromatic rings. The standard InChI is InChI=1S/C27H31N5/c1-18-14-19(2)25(20(3)15-18)30-27-29-23-9-7-10-24(26(23)31(27)4)32(16-21-11-12-21)17-22-8-5-6-13-28-22/h5-10,13-15,21H,11-12,16-17H2,1-4H3,(H,29,30). The average Bonchev–Trinajstić information content (AvgIpc) is 3.53. The number of nitrogens with zero attached hydrogens (tertiary/aromatic N) is 4. The van der Waals surface area contributed by atoms with Crippen LogP contribution in [0.2, 0.25) is 0 Å². The van der Waals surface area contributed by atoms with E-state index < -0.39 is 0 Å². The second-order valence-electron chi connectivity index (χ2n) is 9.18. The van der Waals surface area contributed by atoms with E-state index in [4.69, 9.17) is 4.98 Å². The third kappa shape index (κ3) is 4.07. The second-order valence-corrected chi connectivity index (χ2v) is 9.18. The van der Waals surface area contributed by atoms with Gasteiger partial charge < -0.3 is 14.8 Å². The van der Waals surface area contributed by atoms with E-state index in [1.165, 1.54) is 35.2 Å². The Hall–Kier alpha value is -3.34. The van der Waals surface area contributed by atoms with Crippen LogP contribution in [0.15, 0.2) is 54.7 Å². The highest BCUT2D eigenvalue weighted by molar-refractivity contribution is 5.91. The number of aryl methyl sites for hydroxylation is 4. The van der Waals surface area contributed by atoms with E-state index in [2.05, 4.69) is 90.1 Å². The van der Waals surface area contributed by atoms with Gasteiger partial charge in [0, 0.05) is 25.5 Å². The number of para-hydroxylation sites is 1. The molecule has 0 unspecified atom stereocenters. The summed E-state index contributed by atoms with van der Waals surface area (Å²) in [7, 11) is 2.11. The van der Waals surface area contributed by atoms with Gasteiger partial charge in [-0.2, -0.15) is 0 Å². The van der Waals surface area contributed by atoms with Crippen LogP contribution in [-0.2, 0) is 13.6 Å². The molecule has 5 rings (SSSR count). The first-order chi connectivity index (χ1) is 15.5. The maximum atomic E-state index is 4.97. The molecule has 32 heavy (non-hydrogen) atoms. The van der Waals surface area contributed by atoms with Crippen LogP contribution in [0.4, 0.5) is 17.3 Å². The van der Waals surface area contributed by atoms with Crippen LogP contribution < -0.4 is 10.2 Å². The molecule has 164 valence electrons. The SMILES string of the molecule is Cc1cc(C)c(Nc2nc3cccc(N(Cc4ccccn4)CC4CC4)c3n2C)c(C)c1. The van der Waals surface area contributed by atoms with Crippen LogP contribution in [0, 0.1) is 26.7 Å². The van der Waals surface area contributed by atoms with E-state index in [1.54, 1.807) is 0 Å². The van der Waals surface area contributed by atoms with Gasteiger partial charge in [-0.15, -0.1) is 0 Å². The Labute approximate surface area is 190 Å². The van der Waals surface area contributed by atoms with Crippen molar-refractivity contribution in [3.8, 4) is 0 Å². The van der Waals surface area contributed by atoms with Crippen LogP contribution in [0.5, 0.6) is 0 Å². The van der Waals surface area contributed by atoms with Crippen LogP contribution in [0.1, 0.15) is 35.2 Å². The summed E-state index contributed by atoms with van der Waals surface area (Å²) in [6.45, 7) is 8.31. The Morgan fingerprint density at radius 1 is 1.03 bits per heavy atom. The molecule has 1 aliphatic carbocycles. The molecule has 0 radical (unpaired) electrons. The summed E-state index contributed by atoms with van der Waals surface area (Å²) in [5, 5.41) is 3.62. The Balaban J connectivity index is 1.55. The van der Waals surface area contributed by atoms with Crippen molar-refractivity contribution < 1.29 is 0 Å². The zero-order valence-electron chi connectivity index (χ0n) is 19.4. The molecule has 5 heteroatoms. The van der Waals surface area contributed by atoms with E-state index >= 15 is 0 Å². The maximum absolute atomic E-state index is 4.97. The lowest BCUT2D eigenvalue weighted by Gasteiger charge is -2.25. The summed E-state index contributed by atoms with van der Waals surface area (Å²) in [5.41, 5.74) is 9.38. The molecule has 0 bridgehead atoms. The minimum absolute atomic E-state index is 0.776. The smallest absolute Gasteiger partial charge is 0.208 e.